The number of hydrogen-bond acceptors (Lipinski definition) is 1. The van der Waals surface area contributed by atoms with E-state index in [0.29, 0.717) is 17.9 Å². The van der Waals surface area contributed by atoms with Gasteiger partial charge in [-0.3, -0.25) is 4.79 Å². The van der Waals surface area contributed by atoms with E-state index in [9.17, 15) is 4.79 Å². The van der Waals surface area contributed by atoms with Crippen LogP contribution in [0.4, 0.5) is 5.69 Å². The number of benzene rings is 1. The summed E-state index contributed by atoms with van der Waals surface area (Å²) < 4.78 is 0. The van der Waals surface area contributed by atoms with Crippen LogP contribution in [0, 0.1) is 30.1 Å². The number of hydrogen-bond donors (Lipinski definition) is 1. The Kier molecular flexibility index (Phi) is 3.44. The first-order chi connectivity index (χ1) is 13.0. The summed E-state index contributed by atoms with van der Waals surface area (Å²) >= 11 is 0. The third kappa shape index (κ3) is 2.33. The number of rotatable bonds is 1. The Hall–Kier alpha value is -1.35. The molecule has 4 bridgehead atoms. The Bertz CT molecular complexity index is 764. The Morgan fingerprint density at radius 2 is 1.78 bits per heavy atom. The van der Waals surface area contributed by atoms with Crippen molar-refractivity contribution in [2.24, 2.45) is 23.2 Å². The number of amides is 1. The number of nitrogens with one attached hydrogen (secondary N) is 1. The molecule has 1 N–H and O–H groups in total. The largest absolute Gasteiger partial charge is 0.337 e. The first kappa shape index (κ1) is 16.6. The summed E-state index contributed by atoms with van der Waals surface area (Å²) in [5.41, 5.74) is 4.02. The fourth-order valence-electron chi connectivity index (χ4n) is 8.09. The van der Waals surface area contributed by atoms with E-state index in [4.69, 9.17) is 0 Å². The van der Waals surface area contributed by atoms with Crippen molar-refractivity contribution in [2.75, 3.05) is 25.0 Å². The van der Waals surface area contributed by atoms with E-state index in [0.717, 1.165) is 24.2 Å². The molecule has 1 aromatic carbocycles. The number of fused-ring (bicyclic) bond motifs is 3. The first-order valence-corrected chi connectivity index (χ1v) is 11.3. The molecule has 1 amide bonds. The van der Waals surface area contributed by atoms with Crippen LogP contribution < -0.4 is 9.80 Å². The van der Waals surface area contributed by atoms with Gasteiger partial charge in [-0.15, -0.1) is 0 Å². The van der Waals surface area contributed by atoms with Crippen molar-refractivity contribution >= 4 is 11.6 Å². The molecule has 2 heterocycles. The van der Waals surface area contributed by atoms with Crippen LogP contribution in [0.25, 0.3) is 0 Å². The fraction of sp³-hybridized carbons (Fsp3) is 0.708. The van der Waals surface area contributed by atoms with Crippen molar-refractivity contribution in [2.45, 2.75) is 63.8 Å². The molecule has 3 nitrogen and oxygen atoms in total. The highest BCUT2D eigenvalue weighted by atomic mass is 16.2. The summed E-state index contributed by atoms with van der Waals surface area (Å²) in [6.07, 6.45) is 8.91. The second-order valence-corrected chi connectivity index (χ2v) is 10.8. The third-order valence-electron chi connectivity index (χ3n) is 8.78. The molecular formula is C24H33N2O+. The highest BCUT2D eigenvalue weighted by Gasteiger charge is 2.58. The van der Waals surface area contributed by atoms with Gasteiger partial charge in [-0.05, 0) is 74.8 Å². The number of piperidine rings is 1. The number of carbonyl (C=O) groups is 1. The average molecular weight is 366 g/mol. The van der Waals surface area contributed by atoms with E-state index in [1.165, 1.54) is 68.4 Å². The molecule has 4 saturated carbocycles. The lowest BCUT2D eigenvalue weighted by atomic mass is 9.49. The van der Waals surface area contributed by atoms with E-state index < -0.39 is 0 Å². The maximum atomic E-state index is 14.2. The summed E-state index contributed by atoms with van der Waals surface area (Å²) in [4.78, 5) is 18.2. The van der Waals surface area contributed by atoms with Gasteiger partial charge in [0.15, 0.2) is 0 Å². The number of anilines is 1. The monoisotopic (exact) mass is 365 g/mol. The van der Waals surface area contributed by atoms with E-state index in [1.807, 2.05) is 0 Å². The lowest BCUT2D eigenvalue weighted by Crippen LogP contribution is -3.11. The molecule has 27 heavy (non-hydrogen) atoms. The van der Waals surface area contributed by atoms with Crippen LogP contribution in [-0.2, 0) is 4.79 Å². The molecule has 3 heteroatoms. The van der Waals surface area contributed by atoms with Gasteiger partial charge in [0.05, 0.1) is 37.5 Å². The summed E-state index contributed by atoms with van der Waals surface area (Å²) in [7, 11) is 2.31. The SMILES string of the molecule is Cc1ccc2c(c1)C1C[NH+](C)CCC1N2C(=O)C12CC3CC(CC(C3)C1)C2. The van der Waals surface area contributed by atoms with Gasteiger partial charge in [0, 0.05) is 12.1 Å². The average Bonchev–Trinajstić information content (AvgIpc) is 2.93. The van der Waals surface area contributed by atoms with Crippen LogP contribution >= 0.6 is 0 Å². The minimum Gasteiger partial charge on any atom is -0.337 e. The quantitative estimate of drug-likeness (QED) is 0.813. The fourth-order valence-corrected chi connectivity index (χ4v) is 8.09. The van der Waals surface area contributed by atoms with Gasteiger partial charge < -0.3 is 9.80 Å². The molecule has 0 spiro atoms. The standard InChI is InChI=1S/C24H32N2O/c1-15-3-4-21-19(7-15)20-14-25(2)6-5-22(20)26(21)23(27)24-11-16-8-17(12-24)10-18(9-16)13-24/h3-4,7,16-18,20,22H,5-6,8-14H2,1-2H3/p+1. The van der Waals surface area contributed by atoms with Crippen molar-refractivity contribution < 1.29 is 9.69 Å². The molecule has 0 radical (unpaired) electrons. The molecule has 0 aromatic heterocycles. The zero-order valence-electron chi connectivity index (χ0n) is 16.8. The summed E-state index contributed by atoms with van der Waals surface area (Å²) in [6.45, 7) is 4.56. The second-order valence-electron chi connectivity index (χ2n) is 10.8. The summed E-state index contributed by atoms with van der Waals surface area (Å²) in [5, 5.41) is 0. The molecule has 5 fully saturated rings. The number of carbonyl (C=O) groups excluding carboxylic acids is 1. The van der Waals surface area contributed by atoms with E-state index in [1.54, 1.807) is 4.90 Å². The first-order valence-electron chi connectivity index (χ1n) is 11.3. The number of aryl methyl sites for hydroxylation is 1. The van der Waals surface area contributed by atoms with Crippen LogP contribution in [0.1, 0.15) is 62.0 Å². The molecule has 3 atom stereocenters. The van der Waals surface area contributed by atoms with Gasteiger partial charge in [-0.1, -0.05) is 17.7 Å². The minimum atomic E-state index is -0.0258. The molecule has 2 aliphatic heterocycles. The number of quaternary nitrogens is 1. The van der Waals surface area contributed by atoms with Crippen molar-refractivity contribution in [3.05, 3.63) is 29.3 Å². The Morgan fingerprint density at radius 1 is 1.11 bits per heavy atom. The lowest BCUT2D eigenvalue weighted by molar-refractivity contribution is -0.886. The highest BCUT2D eigenvalue weighted by Crippen LogP contribution is 2.61. The Balaban J connectivity index is 1.41. The number of likely N-dealkylation sites (N-methyl/N-ethyl adjacent to an activating group) is 1. The number of nitrogens with zero attached hydrogens (tertiary/aromatic N) is 1. The predicted octanol–water partition coefficient (Wildman–Crippen LogP) is 2.93. The van der Waals surface area contributed by atoms with Gasteiger partial charge in [0.1, 0.15) is 0 Å². The van der Waals surface area contributed by atoms with Crippen LogP contribution in [0.15, 0.2) is 18.2 Å². The third-order valence-corrected chi connectivity index (χ3v) is 8.78. The van der Waals surface area contributed by atoms with Crippen LogP contribution in [0.3, 0.4) is 0 Å². The molecule has 1 aromatic rings. The van der Waals surface area contributed by atoms with Crippen molar-refractivity contribution in [3.8, 4) is 0 Å². The highest BCUT2D eigenvalue weighted by molar-refractivity contribution is 6.01. The van der Waals surface area contributed by atoms with E-state index in [-0.39, 0.29) is 5.41 Å². The van der Waals surface area contributed by atoms with Gasteiger partial charge in [-0.2, -0.15) is 0 Å². The zero-order chi connectivity index (χ0) is 18.3. The lowest BCUT2D eigenvalue weighted by Gasteiger charge is -2.57. The Morgan fingerprint density at radius 3 is 2.44 bits per heavy atom. The van der Waals surface area contributed by atoms with E-state index in [2.05, 4.69) is 37.1 Å². The topological polar surface area (TPSA) is 24.8 Å². The van der Waals surface area contributed by atoms with Crippen LogP contribution in [0.5, 0.6) is 0 Å². The Labute approximate surface area is 163 Å². The predicted molar refractivity (Wildman–Crippen MR) is 107 cm³/mol. The maximum absolute atomic E-state index is 14.2. The molecule has 3 unspecified atom stereocenters. The molecule has 6 aliphatic rings. The second kappa shape index (κ2) is 5.59. The van der Waals surface area contributed by atoms with Crippen LogP contribution in [-0.4, -0.2) is 32.1 Å². The normalized spacial score (nSPS) is 44.3. The summed E-state index contributed by atoms with van der Waals surface area (Å²) in [5.74, 6) is 3.54. The molecule has 4 aliphatic carbocycles. The van der Waals surface area contributed by atoms with Gasteiger partial charge >= 0.3 is 0 Å². The molecule has 144 valence electrons. The number of likely N-dealkylation sites (tertiary alicyclic amines) is 1. The maximum Gasteiger partial charge on any atom is 0.233 e. The van der Waals surface area contributed by atoms with Crippen molar-refractivity contribution in [1.29, 1.82) is 0 Å². The zero-order valence-corrected chi connectivity index (χ0v) is 16.8. The van der Waals surface area contributed by atoms with Gasteiger partial charge in [0.25, 0.3) is 0 Å². The van der Waals surface area contributed by atoms with Crippen LogP contribution in [0.2, 0.25) is 0 Å². The minimum absolute atomic E-state index is 0.0258. The van der Waals surface area contributed by atoms with E-state index >= 15 is 0 Å². The summed E-state index contributed by atoms with van der Waals surface area (Å²) in [6, 6.07) is 7.26. The molecule has 1 saturated heterocycles. The molecular weight excluding hydrogens is 332 g/mol. The molecule has 7 rings (SSSR count). The van der Waals surface area contributed by atoms with Crippen molar-refractivity contribution in [1.82, 2.24) is 0 Å². The van der Waals surface area contributed by atoms with Gasteiger partial charge in [-0.25, -0.2) is 0 Å². The smallest absolute Gasteiger partial charge is 0.233 e. The van der Waals surface area contributed by atoms with Crippen molar-refractivity contribution in [3.63, 3.8) is 0 Å². The van der Waals surface area contributed by atoms with Gasteiger partial charge in [0.2, 0.25) is 5.91 Å².